The van der Waals surface area contributed by atoms with E-state index in [2.05, 4.69) is 0 Å². The smallest absolute Gasteiger partial charge is 0.185 e. The Bertz CT molecular complexity index is 610. The zero-order valence-corrected chi connectivity index (χ0v) is 10.1. The van der Waals surface area contributed by atoms with E-state index in [1.54, 1.807) is 24.3 Å². The van der Waals surface area contributed by atoms with Crippen molar-refractivity contribution in [3.8, 4) is 5.75 Å². The largest absolute Gasteiger partial charge is 0.508 e. The summed E-state index contributed by atoms with van der Waals surface area (Å²) in [6.07, 6.45) is 2.49. The summed E-state index contributed by atoms with van der Waals surface area (Å²) in [7, 11) is 0. The molecule has 3 heteroatoms. The van der Waals surface area contributed by atoms with Crippen LogP contribution in [-0.4, -0.2) is 16.7 Å². The van der Waals surface area contributed by atoms with E-state index in [0.29, 0.717) is 11.1 Å². The van der Waals surface area contributed by atoms with Gasteiger partial charge in [-0.2, -0.15) is 0 Å². The average molecular weight is 252 g/mol. The van der Waals surface area contributed by atoms with E-state index in [1.807, 2.05) is 6.07 Å². The first-order valence-corrected chi connectivity index (χ1v) is 5.77. The third-order valence-corrected chi connectivity index (χ3v) is 2.60. The number of phenols is 1. The summed E-state index contributed by atoms with van der Waals surface area (Å²) in [6, 6.07) is 14.6. The van der Waals surface area contributed by atoms with Gasteiger partial charge in [-0.25, -0.2) is 0 Å². The first-order valence-electron chi connectivity index (χ1n) is 5.77. The molecule has 94 valence electrons. The molecule has 0 saturated carbocycles. The zero-order chi connectivity index (χ0) is 13.7. The Kier molecular flexibility index (Phi) is 3.88. The van der Waals surface area contributed by atoms with Gasteiger partial charge in [-0.05, 0) is 36.4 Å². The molecule has 2 aromatic carbocycles. The fraction of sp³-hybridized carbons (Fsp3) is 0. The van der Waals surface area contributed by atoms with E-state index in [-0.39, 0.29) is 17.3 Å². The highest BCUT2D eigenvalue weighted by Crippen LogP contribution is 2.10. The van der Waals surface area contributed by atoms with Gasteiger partial charge in [-0.15, -0.1) is 0 Å². The van der Waals surface area contributed by atoms with Gasteiger partial charge in [0.2, 0.25) is 0 Å². The molecule has 0 aromatic heterocycles. The number of carbonyl (C=O) groups excluding carboxylic acids is 2. The van der Waals surface area contributed by atoms with Crippen LogP contribution in [0.2, 0.25) is 0 Å². The fourth-order valence-electron chi connectivity index (χ4n) is 1.57. The number of rotatable bonds is 4. The second-order valence-corrected chi connectivity index (χ2v) is 3.97. The minimum atomic E-state index is -0.274. The molecule has 0 saturated heterocycles. The van der Waals surface area contributed by atoms with Crippen LogP contribution in [0.4, 0.5) is 0 Å². The van der Waals surface area contributed by atoms with Crippen LogP contribution >= 0.6 is 0 Å². The van der Waals surface area contributed by atoms with E-state index in [1.165, 1.54) is 36.4 Å². The molecular weight excluding hydrogens is 240 g/mol. The number of ketones is 2. The normalized spacial score (nSPS) is 10.5. The van der Waals surface area contributed by atoms with Crippen LogP contribution in [-0.2, 0) is 0 Å². The maximum atomic E-state index is 11.8. The molecule has 0 amide bonds. The van der Waals surface area contributed by atoms with E-state index >= 15 is 0 Å². The number of carbonyl (C=O) groups is 2. The number of benzene rings is 2. The molecule has 0 aliphatic heterocycles. The highest BCUT2D eigenvalue weighted by Gasteiger charge is 2.04. The first kappa shape index (κ1) is 12.8. The van der Waals surface area contributed by atoms with Gasteiger partial charge in [0.25, 0.3) is 0 Å². The van der Waals surface area contributed by atoms with Gasteiger partial charge in [0.05, 0.1) is 0 Å². The molecule has 0 aliphatic carbocycles. The maximum Gasteiger partial charge on any atom is 0.185 e. The van der Waals surface area contributed by atoms with Crippen molar-refractivity contribution in [2.75, 3.05) is 0 Å². The third kappa shape index (κ3) is 3.39. The molecule has 3 nitrogen and oxygen atoms in total. The van der Waals surface area contributed by atoms with Crippen LogP contribution < -0.4 is 0 Å². The van der Waals surface area contributed by atoms with Crippen molar-refractivity contribution in [3.05, 3.63) is 77.9 Å². The number of hydrogen-bond donors (Lipinski definition) is 1. The summed E-state index contributed by atoms with van der Waals surface area (Å²) in [5.41, 5.74) is 0.965. The van der Waals surface area contributed by atoms with Crippen LogP contribution in [0, 0.1) is 0 Å². The number of allylic oxidation sites excluding steroid dienone is 2. The molecule has 0 fully saturated rings. The summed E-state index contributed by atoms with van der Waals surface area (Å²) in [6.45, 7) is 0. The van der Waals surface area contributed by atoms with Crippen molar-refractivity contribution in [3.63, 3.8) is 0 Å². The van der Waals surface area contributed by atoms with Crippen LogP contribution in [0.3, 0.4) is 0 Å². The van der Waals surface area contributed by atoms with Gasteiger partial charge in [-0.3, -0.25) is 9.59 Å². The average Bonchev–Trinajstić information content (AvgIpc) is 2.46. The van der Waals surface area contributed by atoms with Crippen LogP contribution in [0.1, 0.15) is 20.7 Å². The van der Waals surface area contributed by atoms with E-state index in [0.717, 1.165) is 0 Å². The Morgan fingerprint density at radius 2 is 1.21 bits per heavy atom. The minimum absolute atomic E-state index is 0.0980. The lowest BCUT2D eigenvalue weighted by atomic mass is 10.1. The van der Waals surface area contributed by atoms with Crippen molar-refractivity contribution >= 4 is 11.6 Å². The SMILES string of the molecule is O=C(/C=C\C(=O)c1ccc(O)cc1)c1ccccc1. The number of hydrogen-bond acceptors (Lipinski definition) is 3. The lowest BCUT2D eigenvalue weighted by Gasteiger charge is -1.96. The van der Waals surface area contributed by atoms with Gasteiger partial charge >= 0.3 is 0 Å². The summed E-state index contributed by atoms with van der Waals surface area (Å²) in [5, 5.41) is 9.12. The third-order valence-electron chi connectivity index (χ3n) is 2.60. The maximum absolute atomic E-state index is 11.8. The van der Waals surface area contributed by atoms with Crippen molar-refractivity contribution in [1.29, 1.82) is 0 Å². The molecular formula is C16H12O3. The lowest BCUT2D eigenvalue weighted by Crippen LogP contribution is -1.98. The van der Waals surface area contributed by atoms with E-state index < -0.39 is 0 Å². The molecule has 0 bridgehead atoms. The van der Waals surface area contributed by atoms with Gasteiger partial charge in [-0.1, -0.05) is 30.3 Å². The molecule has 2 rings (SSSR count). The highest BCUT2D eigenvalue weighted by molar-refractivity contribution is 6.11. The van der Waals surface area contributed by atoms with Crippen LogP contribution in [0.15, 0.2) is 66.7 Å². The number of phenolic OH excluding ortho intramolecular Hbond substituents is 1. The van der Waals surface area contributed by atoms with Crippen molar-refractivity contribution in [1.82, 2.24) is 0 Å². The Morgan fingerprint density at radius 3 is 1.74 bits per heavy atom. The van der Waals surface area contributed by atoms with Crippen LogP contribution in [0.5, 0.6) is 5.75 Å². The molecule has 0 unspecified atom stereocenters. The number of aromatic hydroxyl groups is 1. The van der Waals surface area contributed by atoms with Gasteiger partial charge in [0.1, 0.15) is 5.75 Å². The summed E-state index contributed by atoms with van der Waals surface area (Å²) >= 11 is 0. The fourth-order valence-corrected chi connectivity index (χ4v) is 1.57. The highest BCUT2D eigenvalue weighted by atomic mass is 16.3. The first-order chi connectivity index (χ1) is 9.16. The molecule has 0 aliphatic rings. The molecule has 0 atom stereocenters. The standard InChI is InChI=1S/C16H12O3/c17-14-8-6-13(7-9-14)16(19)11-10-15(18)12-4-2-1-3-5-12/h1-11,17H/b11-10-. The van der Waals surface area contributed by atoms with Crippen LogP contribution in [0.25, 0.3) is 0 Å². The Labute approximate surface area is 110 Å². The molecule has 19 heavy (non-hydrogen) atoms. The Balaban J connectivity index is 2.09. The monoisotopic (exact) mass is 252 g/mol. The zero-order valence-electron chi connectivity index (χ0n) is 10.1. The molecule has 0 heterocycles. The van der Waals surface area contributed by atoms with Crippen molar-refractivity contribution in [2.45, 2.75) is 0 Å². The predicted octanol–water partition coefficient (Wildman–Crippen LogP) is 3.01. The topological polar surface area (TPSA) is 54.4 Å². The summed E-state index contributed by atoms with van der Waals surface area (Å²) < 4.78 is 0. The molecule has 0 spiro atoms. The lowest BCUT2D eigenvalue weighted by molar-refractivity contribution is 0.102. The summed E-state index contributed by atoms with van der Waals surface area (Å²) in [4.78, 5) is 23.5. The van der Waals surface area contributed by atoms with Gasteiger partial charge in [0.15, 0.2) is 11.6 Å². The van der Waals surface area contributed by atoms with E-state index in [9.17, 15) is 9.59 Å². The quantitative estimate of drug-likeness (QED) is 0.672. The molecule has 0 radical (unpaired) electrons. The second kappa shape index (κ2) is 5.78. The minimum Gasteiger partial charge on any atom is -0.508 e. The molecule has 2 aromatic rings. The molecule has 1 N–H and O–H groups in total. The van der Waals surface area contributed by atoms with Crippen molar-refractivity contribution in [2.24, 2.45) is 0 Å². The Hall–Kier alpha value is -2.68. The summed E-state index contributed by atoms with van der Waals surface area (Å²) in [5.74, 6) is -0.391. The second-order valence-electron chi connectivity index (χ2n) is 3.97. The van der Waals surface area contributed by atoms with Gasteiger partial charge < -0.3 is 5.11 Å². The predicted molar refractivity (Wildman–Crippen MR) is 72.3 cm³/mol. The van der Waals surface area contributed by atoms with E-state index in [4.69, 9.17) is 5.11 Å². The Morgan fingerprint density at radius 1 is 0.737 bits per heavy atom. The van der Waals surface area contributed by atoms with Crippen molar-refractivity contribution < 1.29 is 14.7 Å². The van der Waals surface area contributed by atoms with Gasteiger partial charge in [0, 0.05) is 11.1 Å².